The van der Waals surface area contributed by atoms with E-state index in [9.17, 15) is 9.59 Å². The van der Waals surface area contributed by atoms with Crippen LogP contribution in [-0.4, -0.2) is 16.9 Å². The average molecular weight is 352 g/mol. The monoisotopic (exact) mass is 352 g/mol. The highest BCUT2D eigenvalue weighted by molar-refractivity contribution is 7.09. The summed E-state index contributed by atoms with van der Waals surface area (Å²) in [5, 5.41) is 5.05. The number of benzene rings is 2. The number of carbonyl (C=O) groups is 2. The number of nitrogens with one attached hydrogen (secondary N) is 1. The Bertz CT molecular complexity index is 890. The van der Waals surface area contributed by atoms with Crippen LogP contribution in [0.5, 0.6) is 0 Å². The number of esters is 1. The van der Waals surface area contributed by atoms with Crippen molar-refractivity contribution in [2.75, 3.05) is 5.32 Å². The average Bonchev–Trinajstić information content (AvgIpc) is 3.11. The van der Waals surface area contributed by atoms with E-state index in [0.29, 0.717) is 16.3 Å². The van der Waals surface area contributed by atoms with Crippen molar-refractivity contribution in [1.29, 1.82) is 0 Å². The summed E-state index contributed by atoms with van der Waals surface area (Å²) < 4.78 is 5.22. The van der Waals surface area contributed by atoms with Gasteiger partial charge in [0.2, 0.25) is 0 Å². The number of ether oxygens (including phenoxy) is 1. The predicted molar refractivity (Wildman–Crippen MR) is 96.8 cm³/mol. The predicted octanol–water partition coefficient (Wildman–Crippen LogP) is 4.06. The van der Waals surface area contributed by atoms with Gasteiger partial charge in [-0.1, -0.05) is 36.4 Å². The van der Waals surface area contributed by atoms with Crippen LogP contribution >= 0.6 is 11.3 Å². The van der Waals surface area contributed by atoms with Crippen LogP contribution in [0, 0.1) is 6.92 Å². The molecule has 0 aliphatic rings. The third-order valence-corrected chi connectivity index (χ3v) is 4.34. The van der Waals surface area contributed by atoms with Gasteiger partial charge in [0.15, 0.2) is 0 Å². The number of carbonyl (C=O) groups excluding carboxylic acids is 2. The Hall–Kier alpha value is -2.99. The van der Waals surface area contributed by atoms with Gasteiger partial charge in [-0.15, -0.1) is 11.3 Å². The van der Waals surface area contributed by atoms with Crippen LogP contribution < -0.4 is 5.32 Å². The molecular formula is C19H16N2O3S. The number of hydrogen-bond acceptors (Lipinski definition) is 5. The summed E-state index contributed by atoms with van der Waals surface area (Å²) in [6, 6.07) is 16.3. The summed E-state index contributed by atoms with van der Waals surface area (Å²) in [6.07, 6.45) is 0. The molecule has 0 aliphatic heterocycles. The molecule has 0 bridgehead atoms. The van der Waals surface area contributed by atoms with Crippen LogP contribution in [-0.2, 0) is 11.3 Å². The second kappa shape index (κ2) is 7.72. The molecule has 0 unspecified atom stereocenters. The van der Waals surface area contributed by atoms with Crippen molar-refractivity contribution < 1.29 is 14.3 Å². The van der Waals surface area contributed by atoms with Gasteiger partial charge in [0.1, 0.15) is 17.3 Å². The van der Waals surface area contributed by atoms with Crippen LogP contribution in [0.1, 0.15) is 31.4 Å². The number of hydrogen-bond donors (Lipinski definition) is 1. The van der Waals surface area contributed by atoms with Crippen molar-refractivity contribution in [2.45, 2.75) is 13.5 Å². The molecule has 1 amide bonds. The standard InChI is InChI=1S/C19H16N2O3S/c1-13-7-5-6-10-15(13)21-18(22)16-12-25-17(20-16)11-24-19(23)14-8-3-2-4-9-14/h2-10,12H,11H2,1H3,(H,21,22). The lowest BCUT2D eigenvalue weighted by Crippen LogP contribution is -2.13. The van der Waals surface area contributed by atoms with E-state index < -0.39 is 5.97 Å². The first-order valence-electron chi connectivity index (χ1n) is 7.67. The van der Waals surface area contributed by atoms with E-state index >= 15 is 0 Å². The fourth-order valence-corrected chi connectivity index (χ4v) is 2.85. The SMILES string of the molecule is Cc1ccccc1NC(=O)c1csc(COC(=O)c2ccccc2)n1. The topological polar surface area (TPSA) is 68.3 Å². The Balaban J connectivity index is 1.59. The minimum absolute atomic E-state index is 0.0377. The molecule has 6 heteroatoms. The first kappa shape index (κ1) is 16.9. The van der Waals surface area contributed by atoms with Gasteiger partial charge in [0.05, 0.1) is 5.56 Å². The zero-order chi connectivity index (χ0) is 17.6. The van der Waals surface area contributed by atoms with Crippen molar-refractivity contribution in [3.63, 3.8) is 0 Å². The van der Waals surface area contributed by atoms with Gasteiger partial charge in [-0.2, -0.15) is 0 Å². The maximum atomic E-state index is 12.3. The maximum absolute atomic E-state index is 12.3. The quantitative estimate of drug-likeness (QED) is 0.703. The van der Waals surface area contributed by atoms with Crippen LogP contribution in [0.3, 0.4) is 0 Å². The van der Waals surface area contributed by atoms with E-state index in [1.165, 1.54) is 11.3 Å². The lowest BCUT2D eigenvalue weighted by molar-refractivity contribution is 0.0472. The van der Waals surface area contributed by atoms with E-state index in [2.05, 4.69) is 10.3 Å². The van der Waals surface area contributed by atoms with Gasteiger partial charge in [0.25, 0.3) is 5.91 Å². The normalized spacial score (nSPS) is 10.3. The minimum Gasteiger partial charge on any atom is -0.455 e. The number of nitrogens with zero attached hydrogens (tertiary/aromatic N) is 1. The Morgan fingerprint density at radius 2 is 1.80 bits per heavy atom. The van der Waals surface area contributed by atoms with E-state index in [1.54, 1.807) is 29.6 Å². The Morgan fingerprint density at radius 1 is 1.08 bits per heavy atom. The minimum atomic E-state index is -0.415. The van der Waals surface area contributed by atoms with Crippen LogP contribution in [0.2, 0.25) is 0 Å². The molecule has 0 fully saturated rings. The third kappa shape index (κ3) is 4.30. The number of para-hydroxylation sites is 1. The summed E-state index contributed by atoms with van der Waals surface area (Å²) in [5.41, 5.74) is 2.51. The van der Waals surface area contributed by atoms with Gasteiger partial charge in [-0.25, -0.2) is 9.78 Å². The molecule has 126 valence electrons. The lowest BCUT2D eigenvalue weighted by Gasteiger charge is -2.06. The molecule has 1 N–H and O–H groups in total. The maximum Gasteiger partial charge on any atom is 0.338 e. The molecule has 0 atom stereocenters. The number of rotatable bonds is 5. The zero-order valence-electron chi connectivity index (χ0n) is 13.6. The third-order valence-electron chi connectivity index (χ3n) is 3.51. The molecule has 0 saturated carbocycles. The summed E-state index contributed by atoms with van der Waals surface area (Å²) in [6.45, 7) is 1.96. The molecule has 5 nitrogen and oxygen atoms in total. The smallest absolute Gasteiger partial charge is 0.338 e. The van der Waals surface area contributed by atoms with Gasteiger partial charge < -0.3 is 10.1 Å². The van der Waals surface area contributed by atoms with Crippen LogP contribution in [0.4, 0.5) is 5.69 Å². The van der Waals surface area contributed by atoms with Crippen molar-refractivity contribution in [2.24, 2.45) is 0 Å². The van der Waals surface area contributed by atoms with Gasteiger partial charge in [-0.05, 0) is 30.7 Å². The molecule has 3 aromatic rings. The molecular weight excluding hydrogens is 336 g/mol. The van der Waals surface area contributed by atoms with Crippen molar-refractivity contribution >= 4 is 28.9 Å². The molecule has 2 aromatic carbocycles. The van der Waals surface area contributed by atoms with E-state index in [4.69, 9.17) is 4.74 Å². The molecule has 0 spiro atoms. The largest absolute Gasteiger partial charge is 0.455 e. The second-order valence-corrected chi connectivity index (χ2v) is 6.28. The molecule has 1 aromatic heterocycles. The zero-order valence-corrected chi connectivity index (χ0v) is 14.4. The van der Waals surface area contributed by atoms with Crippen molar-refractivity contribution in [3.05, 3.63) is 81.8 Å². The number of thiazole rings is 1. The number of aromatic nitrogens is 1. The number of anilines is 1. The molecule has 3 rings (SSSR count). The van der Waals surface area contributed by atoms with Crippen molar-refractivity contribution in [3.8, 4) is 0 Å². The summed E-state index contributed by atoms with van der Waals surface area (Å²) in [5.74, 6) is -0.701. The van der Waals surface area contributed by atoms with E-state index in [0.717, 1.165) is 11.3 Å². The van der Waals surface area contributed by atoms with Crippen LogP contribution in [0.25, 0.3) is 0 Å². The lowest BCUT2D eigenvalue weighted by atomic mass is 10.2. The molecule has 1 heterocycles. The highest BCUT2D eigenvalue weighted by atomic mass is 32.1. The molecule has 25 heavy (non-hydrogen) atoms. The Morgan fingerprint density at radius 3 is 2.56 bits per heavy atom. The summed E-state index contributed by atoms with van der Waals surface area (Å²) >= 11 is 1.28. The first-order chi connectivity index (χ1) is 12.1. The van der Waals surface area contributed by atoms with E-state index in [-0.39, 0.29) is 12.5 Å². The summed E-state index contributed by atoms with van der Waals surface area (Å²) in [4.78, 5) is 28.4. The second-order valence-electron chi connectivity index (χ2n) is 5.34. The number of aryl methyl sites for hydroxylation is 1. The van der Waals surface area contributed by atoms with Gasteiger partial charge in [0, 0.05) is 11.1 Å². The highest BCUT2D eigenvalue weighted by Gasteiger charge is 2.13. The molecule has 0 aliphatic carbocycles. The number of amides is 1. The van der Waals surface area contributed by atoms with Crippen molar-refractivity contribution in [1.82, 2.24) is 4.98 Å². The van der Waals surface area contributed by atoms with Gasteiger partial charge >= 0.3 is 5.97 Å². The first-order valence-corrected chi connectivity index (χ1v) is 8.55. The molecule has 0 saturated heterocycles. The Labute approximate surface area is 149 Å². The van der Waals surface area contributed by atoms with E-state index in [1.807, 2.05) is 37.3 Å². The fourth-order valence-electron chi connectivity index (χ4n) is 2.17. The molecule has 0 radical (unpaired) electrons. The summed E-state index contributed by atoms with van der Waals surface area (Å²) in [7, 11) is 0. The van der Waals surface area contributed by atoms with Crippen LogP contribution in [0.15, 0.2) is 60.0 Å². The van der Waals surface area contributed by atoms with Gasteiger partial charge in [-0.3, -0.25) is 4.79 Å². The Kier molecular flexibility index (Phi) is 5.20. The highest BCUT2D eigenvalue weighted by Crippen LogP contribution is 2.17. The fraction of sp³-hybridized carbons (Fsp3) is 0.105.